The number of benzene rings is 2. The van der Waals surface area contributed by atoms with Gasteiger partial charge in [-0.3, -0.25) is 10.1 Å². The molecule has 0 bridgehead atoms. The lowest BCUT2D eigenvalue weighted by Crippen LogP contribution is -2.06. The van der Waals surface area contributed by atoms with Crippen LogP contribution in [0.5, 0.6) is 0 Å². The number of rotatable bonds is 5. The number of thiophene rings is 1. The summed E-state index contributed by atoms with van der Waals surface area (Å²) in [5, 5.41) is 16.7. The first-order valence-electron chi connectivity index (χ1n) is 7.49. The summed E-state index contributed by atoms with van der Waals surface area (Å²) < 4.78 is 23.3. The number of hydrogen-bond donors (Lipinski definition) is 1. The fourth-order valence-electron chi connectivity index (χ4n) is 2.54. The van der Waals surface area contributed by atoms with Crippen molar-refractivity contribution < 1.29 is 13.3 Å². The van der Waals surface area contributed by atoms with Crippen LogP contribution in [0.15, 0.2) is 52.7 Å². The Hall–Kier alpha value is -2.45. The van der Waals surface area contributed by atoms with E-state index in [9.17, 15) is 18.5 Å². The van der Waals surface area contributed by atoms with Crippen LogP contribution in [0, 0.1) is 10.1 Å². The molecule has 0 saturated carbocycles. The molecule has 3 rings (SSSR count). The van der Waals surface area contributed by atoms with Gasteiger partial charge >= 0.3 is 5.69 Å². The summed E-state index contributed by atoms with van der Waals surface area (Å²) in [6.07, 6.45) is 1.04. The van der Waals surface area contributed by atoms with Crippen molar-refractivity contribution in [1.29, 1.82) is 0 Å². The van der Waals surface area contributed by atoms with E-state index in [0.29, 0.717) is 0 Å². The second-order valence-electron chi connectivity index (χ2n) is 5.78. The molecule has 0 aliphatic heterocycles. The van der Waals surface area contributed by atoms with Gasteiger partial charge < -0.3 is 5.32 Å². The van der Waals surface area contributed by atoms with Crippen molar-refractivity contribution in [2.45, 2.75) is 17.2 Å². The minimum atomic E-state index is -3.49. The minimum Gasteiger partial charge on any atom is -0.365 e. The zero-order valence-corrected chi connectivity index (χ0v) is 15.2. The van der Waals surface area contributed by atoms with E-state index in [1.165, 1.54) is 0 Å². The van der Waals surface area contributed by atoms with Gasteiger partial charge in [0.05, 0.1) is 4.92 Å². The van der Waals surface area contributed by atoms with Gasteiger partial charge in [0.1, 0.15) is 4.21 Å². The Balaban J connectivity index is 1.95. The van der Waals surface area contributed by atoms with Crippen molar-refractivity contribution in [1.82, 2.24) is 0 Å². The molecule has 0 amide bonds. The summed E-state index contributed by atoms with van der Waals surface area (Å²) >= 11 is 0.881. The minimum absolute atomic E-state index is 0.0209. The molecule has 1 atom stereocenters. The number of nitrogens with zero attached hydrogens (tertiary/aromatic N) is 1. The second-order valence-corrected chi connectivity index (χ2v) is 9.08. The summed E-state index contributed by atoms with van der Waals surface area (Å²) in [6, 6.07) is 14.8. The lowest BCUT2D eigenvalue weighted by atomic mass is 10.0. The van der Waals surface area contributed by atoms with E-state index in [-0.39, 0.29) is 20.9 Å². The number of hydrogen-bond acceptors (Lipinski definition) is 6. The molecule has 6 nitrogen and oxygen atoms in total. The Morgan fingerprint density at radius 1 is 1.12 bits per heavy atom. The molecular weight excluding hydrogens is 360 g/mol. The molecule has 1 aromatic heterocycles. The first-order valence-corrected chi connectivity index (χ1v) is 10.2. The standard InChI is InChI=1S/C17H16N2O4S2/c1-11(13-8-7-12-5-3-4-6-14(12)9-13)18-17-15(19(20)21)10-16(24-17)25(2,22)23/h3-11,18H,1-2H3. The Bertz CT molecular complexity index is 1060. The van der Waals surface area contributed by atoms with E-state index in [0.717, 1.165) is 40.0 Å². The number of fused-ring (bicyclic) bond motifs is 1. The molecule has 0 radical (unpaired) electrons. The SMILES string of the molecule is CC(Nc1sc(S(C)(=O)=O)cc1[N+](=O)[O-])c1ccc2ccccc2c1. The van der Waals surface area contributed by atoms with Crippen molar-refractivity contribution in [3.05, 3.63) is 64.2 Å². The maximum atomic E-state index is 11.7. The Morgan fingerprint density at radius 2 is 1.80 bits per heavy atom. The molecule has 1 heterocycles. The van der Waals surface area contributed by atoms with Crippen LogP contribution in [-0.2, 0) is 9.84 Å². The molecule has 0 aliphatic carbocycles. The number of nitro groups is 1. The van der Waals surface area contributed by atoms with Crippen LogP contribution in [0.4, 0.5) is 10.7 Å². The predicted molar refractivity (Wildman–Crippen MR) is 100 cm³/mol. The fraction of sp³-hybridized carbons (Fsp3) is 0.176. The zero-order valence-electron chi connectivity index (χ0n) is 13.6. The summed E-state index contributed by atoms with van der Waals surface area (Å²) in [6.45, 7) is 1.88. The molecular formula is C17H16N2O4S2. The fourth-order valence-corrected chi connectivity index (χ4v) is 4.57. The normalized spacial score (nSPS) is 12.9. The maximum absolute atomic E-state index is 11.7. The van der Waals surface area contributed by atoms with Crippen LogP contribution in [0.25, 0.3) is 10.8 Å². The van der Waals surface area contributed by atoms with Gasteiger partial charge in [0.15, 0.2) is 14.8 Å². The second kappa shape index (κ2) is 6.45. The van der Waals surface area contributed by atoms with Crippen LogP contribution in [0.3, 0.4) is 0 Å². The van der Waals surface area contributed by atoms with Crippen LogP contribution in [0.2, 0.25) is 0 Å². The van der Waals surface area contributed by atoms with Crippen molar-refractivity contribution in [2.24, 2.45) is 0 Å². The molecule has 0 spiro atoms. The van der Waals surface area contributed by atoms with Crippen LogP contribution >= 0.6 is 11.3 Å². The molecule has 0 saturated heterocycles. The quantitative estimate of drug-likeness (QED) is 0.527. The summed E-state index contributed by atoms with van der Waals surface area (Å²) in [7, 11) is -3.49. The van der Waals surface area contributed by atoms with E-state index < -0.39 is 14.8 Å². The lowest BCUT2D eigenvalue weighted by Gasteiger charge is -2.14. The highest BCUT2D eigenvalue weighted by Crippen LogP contribution is 2.39. The predicted octanol–water partition coefficient (Wildman–Crippen LogP) is 4.39. The van der Waals surface area contributed by atoms with E-state index in [1.807, 2.05) is 49.4 Å². The monoisotopic (exact) mass is 376 g/mol. The van der Waals surface area contributed by atoms with Gasteiger partial charge in [-0.1, -0.05) is 47.7 Å². The molecule has 130 valence electrons. The van der Waals surface area contributed by atoms with E-state index in [1.54, 1.807) is 0 Å². The molecule has 2 aromatic carbocycles. The smallest absolute Gasteiger partial charge is 0.304 e. The van der Waals surface area contributed by atoms with Crippen molar-refractivity contribution in [3.63, 3.8) is 0 Å². The highest BCUT2D eigenvalue weighted by molar-refractivity contribution is 7.92. The number of nitrogens with one attached hydrogen (secondary N) is 1. The molecule has 1 unspecified atom stereocenters. The van der Waals surface area contributed by atoms with E-state index >= 15 is 0 Å². The van der Waals surface area contributed by atoms with Crippen LogP contribution < -0.4 is 5.32 Å². The van der Waals surface area contributed by atoms with Gasteiger partial charge in [-0.05, 0) is 29.3 Å². The maximum Gasteiger partial charge on any atom is 0.304 e. The largest absolute Gasteiger partial charge is 0.365 e. The first-order chi connectivity index (χ1) is 11.8. The van der Waals surface area contributed by atoms with Gasteiger partial charge in [0.2, 0.25) is 0 Å². The van der Waals surface area contributed by atoms with Crippen molar-refractivity contribution >= 4 is 42.6 Å². The third-order valence-electron chi connectivity index (χ3n) is 3.87. The third kappa shape index (κ3) is 3.64. The third-order valence-corrected chi connectivity index (χ3v) is 6.73. The average molecular weight is 376 g/mol. The molecule has 8 heteroatoms. The summed E-state index contributed by atoms with van der Waals surface area (Å²) in [5.74, 6) is 0. The Morgan fingerprint density at radius 3 is 2.44 bits per heavy atom. The molecule has 0 aliphatic rings. The van der Waals surface area contributed by atoms with E-state index in [2.05, 4.69) is 5.32 Å². The van der Waals surface area contributed by atoms with Gasteiger partial charge in [-0.2, -0.15) is 0 Å². The topological polar surface area (TPSA) is 89.3 Å². The zero-order chi connectivity index (χ0) is 18.2. The summed E-state index contributed by atoms with van der Waals surface area (Å²) in [4.78, 5) is 10.7. The highest BCUT2D eigenvalue weighted by Gasteiger charge is 2.24. The van der Waals surface area contributed by atoms with Gasteiger partial charge in [-0.15, -0.1) is 0 Å². The van der Waals surface area contributed by atoms with Crippen LogP contribution in [-0.4, -0.2) is 19.6 Å². The first kappa shape index (κ1) is 17.4. The lowest BCUT2D eigenvalue weighted by molar-refractivity contribution is -0.383. The Labute approximate surface area is 149 Å². The van der Waals surface area contributed by atoms with Crippen molar-refractivity contribution in [2.75, 3.05) is 11.6 Å². The van der Waals surface area contributed by atoms with Gasteiger partial charge in [-0.25, -0.2) is 8.42 Å². The van der Waals surface area contributed by atoms with Gasteiger partial charge in [0.25, 0.3) is 0 Å². The average Bonchev–Trinajstić information content (AvgIpc) is 2.98. The number of anilines is 1. The van der Waals surface area contributed by atoms with Gasteiger partial charge in [0, 0.05) is 18.4 Å². The van der Waals surface area contributed by atoms with E-state index in [4.69, 9.17) is 0 Å². The molecule has 0 fully saturated rings. The molecule has 1 N–H and O–H groups in total. The Kier molecular flexibility index (Phi) is 4.49. The summed E-state index contributed by atoms with van der Waals surface area (Å²) in [5.41, 5.74) is 0.736. The van der Waals surface area contributed by atoms with Crippen LogP contribution in [0.1, 0.15) is 18.5 Å². The molecule has 3 aromatic rings. The highest BCUT2D eigenvalue weighted by atomic mass is 32.2. The van der Waals surface area contributed by atoms with Crippen molar-refractivity contribution in [3.8, 4) is 0 Å². The number of sulfone groups is 1. The molecule has 25 heavy (non-hydrogen) atoms.